The summed E-state index contributed by atoms with van der Waals surface area (Å²) in [4.78, 5) is 3.81. The number of hydrogen-bond acceptors (Lipinski definition) is 4. The number of nitrogens with zero attached hydrogens (tertiary/aromatic N) is 1. The van der Waals surface area contributed by atoms with Gasteiger partial charge in [0.25, 0.3) is 10.1 Å². The Morgan fingerprint density at radius 3 is 1.89 bits per heavy atom. The summed E-state index contributed by atoms with van der Waals surface area (Å²) in [5.41, 5.74) is 0. The molecule has 0 aromatic rings. The molecule has 0 saturated heterocycles. The molecule has 1 N–H and O–H groups in total. The number of allylic oxidation sites excluding steroid dienone is 2. The van der Waals surface area contributed by atoms with Gasteiger partial charge in [-0.3, -0.25) is 4.55 Å². The van der Waals surface area contributed by atoms with Gasteiger partial charge in [-0.25, -0.2) is 0 Å². The standard InChI is InChI=1S/C21H41NO4S.K/c1-2-3-4-5-6-7-8-9-10-11-12-13-14-15-16-18-21(23)22-19-17-20-27(24,25)26;/h9-10H,2-8,11-20H2,1H3,(H,22,23)(H,24,25,26);/q;+1/p-1/b10-9+;. The van der Waals surface area contributed by atoms with Gasteiger partial charge in [0.05, 0.1) is 5.75 Å². The van der Waals surface area contributed by atoms with Gasteiger partial charge in [0.1, 0.15) is 0 Å². The maximum atomic E-state index is 11.5. The van der Waals surface area contributed by atoms with Crippen LogP contribution in [0.3, 0.4) is 0 Å². The van der Waals surface area contributed by atoms with E-state index in [1.807, 2.05) is 0 Å². The van der Waals surface area contributed by atoms with Crippen molar-refractivity contribution in [1.82, 2.24) is 0 Å². The minimum atomic E-state index is -3.94. The molecule has 0 radical (unpaired) electrons. The zero-order chi connectivity index (χ0) is 20.2. The second-order valence-electron chi connectivity index (χ2n) is 7.25. The maximum Gasteiger partial charge on any atom is 1.00 e. The molecule has 0 fully saturated rings. The van der Waals surface area contributed by atoms with Crippen LogP contribution in [0.5, 0.6) is 0 Å². The van der Waals surface area contributed by atoms with Crippen LogP contribution in [-0.4, -0.2) is 31.2 Å². The smallest absolute Gasteiger partial charge is 0.862 e. The minimum absolute atomic E-state index is 0. The molecule has 0 unspecified atom stereocenters. The minimum Gasteiger partial charge on any atom is -0.862 e. The molecule has 160 valence electrons. The number of hydrogen-bond donors (Lipinski definition) is 1. The summed E-state index contributed by atoms with van der Waals surface area (Å²) in [6.45, 7) is 2.42. The van der Waals surface area contributed by atoms with Gasteiger partial charge in [0.15, 0.2) is 0 Å². The van der Waals surface area contributed by atoms with E-state index in [1.165, 1.54) is 57.8 Å². The average molecular weight is 442 g/mol. The first kappa shape index (κ1) is 30.9. The van der Waals surface area contributed by atoms with Gasteiger partial charge in [0.2, 0.25) is 0 Å². The molecule has 0 aliphatic carbocycles. The van der Waals surface area contributed by atoms with Crippen LogP contribution in [0.15, 0.2) is 17.1 Å². The molecular weight excluding hydrogens is 401 g/mol. The molecule has 0 aliphatic rings. The van der Waals surface area contributed by atoms with Gasteiger partial charge in [-0.2, -0.15) is 8.42 Å². The summed E-state index contributed by atoms with van der Waals surface area (Å²) in [7, 11) is -3.94. The number of rotatable bonds is 19. The molecule has 0 rings (SSSR count). The molecule has 0 aliphatic heterocycles. The van der Waals surface area contributed by atoms with Crippen molar-refractivity contribution in [3.63, 3.8) is 0 Å². The van der Waals surface area contributed by atoms with E-state index >= 15 is 0 Å². The van der Waals surface area contributed by atoms with Crippen molar-refractivity contribution in [2.45, 2.75) is 103 Å². The first-order chi connectivity index (χ1) is 13.0. The Morgan fingerprint density at radius 2 is 1.36 bits per heavy atom. The van der Waals surface area contributed by atoms with Gasteiger partial charge in [-0.15, -0.1) is 0 Å². The van der Waals surface area contributed by atoms with E-state index in [4.69, 9.17) is 4.55 Å². The molecule has 0 atom stereocenters. The molecule has 0 heterocycles. The van der Waals surface area contributed by atoms with Gasteiger partial charge >= 0.3 is 51.4 Å². The maximum absolute atomic E-state index is 11.5. The van der Waals surface area contributed by atoms with E-state index in [0.29, 0.717) is 6.42 Å². The van der Waals surface area contributed by atoms with E-state index < -0.39 is 10.1 Å². The zero-order valence-electron chi connectivity index (χ0n) is 18.2. The predicted octanol–water partition coefficient (Wildman–Crippen LogP) is 2.06. The first-order valence-electron chi connectivity index (χ1n) is 10.8. The molecule has 0 amide bonds. The molecule has 7 heteroatoms. The van der Waals surface area contributed by atoms with Crippen molar-refractivity contribution in [2.75, 3.05) is 12.3 Å². The average Bonchev–Trinajstić information content (AvgIpc) is 2.61. The van der Waals surface area contributed by atoms with E-state index in [9.17, 15) is 13.5 Å². The van der Waals surface area contributed by atoms with Gasteiger partial charge < -0.3 is 10.1 Å². The quantitative estimate of drug-likeness (QED) is 0.0830. The summed E-state index contributed by atoms with van der Waals surface area (Å²) >= 11 is 0. The Balaban J connectivity index is 0. The Bertz CT molecular complexity index is 493. The van der Waals surface area contributed by atoms with E-state index in [0.717, 1.165) is 25.7 Å². The van der Waals surface area contributed by atoms with Crippen molar-refractivity contribution >= 4 is 16.0 Å². The topological polar surface area (TPSA) is 89.8 Å². The van der Waals surface area contributed by atoms with Crippen molar-refractivity contribution < 1.29 is 69.5 Å². The fourth-order valence-corrected chi connectivity index (χ4v) is 3.37. The summed E-state index contributed by atoms with van der Waals surface area (Å²) in [6, 6.07) is 0. The normalized spacial score (nSPS) is 12.4. The second kappa shape index (κ2) is 22.4. The van der Waals surface area contributed by atoms with Crippen molar-refractivity contribution in [1.29, 1.82) is 0 Å². The Labute approximate surface area is 216 Å². The van der Waals surface area contributed by atoms with E-state index in [1.54, 1.807) is 0 Å². The summed E-state index contributed by atoms with van der Waals surface area (Å²) in [5, 5.41) is 11.5. The molecule has 28 heavy (non-hydrogen) atoms. The monoisotopic (exact) mass is 441 g/mol. The molecule has 0 spiro atoms. The summed E-state index contributed by atoms with van der Waals surface area (Å²) < 4.78 is 29.6. The molecule has 0 saturated carbocycles. The fraction of sp³-hybridized carbons (Fsp3) is 0.857. The van der Waals surface area contributed by atoms with Crippen molar-refractivity contribution in [2.24, 2.45) is 4.99 Å². The predicted molar refractivity (Wildman–Crippen MR) is 113 cm³/mol. The third-order valence-corrected chi connectivity index (χ3v) is 5.31. The third-order valence-electron chi connectivity index (χ3n) is 4.50. The van der Waals surface area contributed by atoms with Gasteiger partial charge in [-0.05, 0) is 50.8 Å². The Kier molecular flexibility index (Phi) is 24.8. The zero-order valence-corrected chi connectivity index (χ0v) is 22.1. The number of unbranched alkanes of at least 4 members (excludes halogenated alkanes) is 11. The second-order valence-corrected chi connectivity index (χ2v) is 8.82. The third kappa shape index (κ3) is 26.8. The van der Waals surface area contributed by atoms with Crippen LogP contribution in [0.1, 0.15) is 103 Å². The van der Waals surface area contributed by atoms with Gasteiger partial charge in [-0.1, -0.05) is 70.4 Å². The Hall–Kier alpha value is 0.756. The van der Waals surface area contributed by atoms with Crippen LogP contribution >= 0.6 is 0 Å². The van der Waals surface area contributed by atoms with Gasteiger partial charge in [0, 0.05) is 6.54 Å². The molecule has 0 aromatic heterocycles. The van der Waals surface area contributed by atoms with Crippen LogP contribution in [0.4, 0.5) is 0 Å². The van der Waals surface area contributed by atoms with Crippen LogP contribution < -0.4 is 56.5 Å². The van der Waals surface area contributed by atoms with Crippen LogP contribution in [-0.2, 0) is 10.1 Å². The molecule has 5 nitrogen and oxygen atoms in total. The van der Waals surface area contributed by atoms with Crippen molar-refractivity contribution in [3.8, 4) is 0 Å². The van der Waals surface area contributed by atoms with Crippen LogP contribution in [0.2, 0.25) is 0 Å². The molecule has 0 bridgehead atoms. The number of aliphatic imine (C=N–C) groups is 1. The summed E-state index contributed by atoms with van der Waals surface area (Å²) in [5.74, 6) is -0.500. The molecular formula is C21H40KNO4S. The summed E-state index contributed by atoms with van der Waals surface area (Å²) in [6.07, 6.45) is 21.2. The van der Waals surface area contributed by atoms with Crippen molar-refractivity contribution in [3.05, 3.63) is 12.2 Å². The first-order valence-corrected chi connectivity index (χ1v) is 12.4. The Morgan fingerprint density at radius 1 is 0.857 bits per heavy atom. The fourth-order valence-electron chi connectivity index (χ4n) is 2.88. The largest absolute Gasteiger partial charge is 1.00 e. The van der Waals surface area contributed by atoms with E-state index in [-0.39, 0.29) is 76.0 Å². The van der Waals surface area contributed by atoms with Crippen LogP contribution in [0, 0.1) is 0 Å². The van der Waals surface area contributed by atoms with Crippen LogP contribution in [0.25, 0.3) is 0 Å². The molecule has 0 aromatic carbocycles. The van der Waals surface area contributed by atoms with E-state index in [2.05, 4.69) is 24.1 Å². The SMILES string of the molecule is CCCCCCCC/C=C/CCCCCCCC([O-])=NCCCS(=O)(=O)O.[K+].